The number of nitrogens with one attached hydrogen (secondary N) is 2. The summed E-state index contributed by atoms with van der Waals surface area (Å²) in [7, 11) is 0. The van der Waals surface area contributed by atoms with Gasteiger partial charge in [0.2, 0.25) is 0 Å². The van der Waals surface area contributed by atoms with Crippen LogP contribution in [-0.2, 0) is 4.79 Å². The number of amides is 1. The molecule has 0 spiro atoms. The van der Waals surface area contributed by atoms with Gasteiger partial charge in [-0.05, 0) is 24.3 Å². The van der Waals surface area contributed by atoms with Crippen molar-refractivity contribution in [2.45, 2.75) is 6.04 Å². The van der Waals surface area contributed by atoms with Crippen molar-refractivity contribution in [3.05, 3.63) is 55.4 Å². The van der Waals surface area contributed by atoms with Gasteiger partial charge in [0.1, 0.15) is 6.04 Å². The second kappa shape index (κ2) is 5.69. The summed E-state index contributed by atoms with van der Waals surface area (Å²) < 4.78 is 0.898. The molecule has 1 aliphatic heterocycles. The molecular formula is C14H8BrCl3N2O. The van der Waals surface area contributed by atoms with E-state index >= 15 is 0 Å². The van der Waals surface area contributed by atoms with Crippen molar-refractivity contribution in [3.63, 3.8) is 0 Å². The normalized spacial score (nSPS) is 16.6. The summed E-state index contributed by atoms with van der Waals surface area (Å²) in [4.78, 5) is 12.1. The Balaban J connectivity index is 1.96. The molecule has 0 saturated carbocycles. The first-order valence-electron chi connectivity index (χ1n) is 5.97. The number of rotatable bonds is 2. The van der Waals surface area contributed by atoms with E-state index in [4.69, 9.17) is 34.8 Å². The lowest BCUT2D eigenvalue weighted by Gasteiger charge is -2.15. The molecule has 1 heterocycles. The minimum absolute atomic E-state index is 0.148. The molecule has 3 rings (SSSR count). The molecule has 108 valence electrons. The Labute approximate surface area is 144 Å². The van der Waals surface area contributed by atoms with Crippen LogP contribution in [0.3, 0.4) is 0 Å². The Morgan fingerprint density at radius 2 is 1.76 bits per heavy atom. The highest BCUT2D eigenvalue weighted by Gasteiger charge is 2.31. The SMILES string of the molecule is O=C1Nc2cc(Br)ccc2C1Nc1cc(Cl)c(Cl)cc1Cl. The standard InChI is InChI=1S/C14H8BrCl3N2O/c15-6-1-2-7-11(3-6)20-14(21)13(7)19-12-5-9(17)8(16)4-10(12)18/h1-5,13,19H,(H,20,21). The molecule has 1 amide bonds. The maximum atomic E-state index is 12.1. The van der Waals surface area contributed by atoms with Crippen molar-refractivity contribution in [1.29, 1.82) is 0 Å². The molecule has 0 bridgehead atoms. The van der Waals surface area contributed by atoms with Gasteiger partial charge in [-0.25, -0.2) is 0 Å². The molecule has 1 unspecified atom stereocenters. The number of fused-ring (bicyclic) bond motifs is 1. The first-order valence-corrected chi connectivity index (χ1v) is 7.90. The zero-order valence-electron chi connectivity index (χ0n) is 10.4. The summed E-state index contributed by atoms with van der Waals surface area (Å²) in [5, 5.41) is 7.07. The van der Waals surface area contributed by atoms with E-state index in [0.717, 1.165) is 15.7 Å². The van der Waals surface area contributed by atoms with Gasteiger partial charge in [-0.2, -0.15) is 0 Å². The third-order valence-corrected chi connectivity index (χ3v) is 4.68. The molecular weight excluding hydrogens is 398 g/mol. The third-order valence-electron chi connectivity index (χ3n) is 3.16. The second-order valence-electron chi connectivity index (χ2n) is 4.54. The van der Waals surface area contributed by atoms with Crippen LogP contribution in [0.15, 0.2) is 34.8 Å². The van der Waals surface area contributed by atoms with Gasteiger partial charge in [0.15, 0.2) is 0 Å². The minimum atomic E-state index is -0.525. The average molecular weight is 406 g/mol. The van der Waals surface area contributed by atoms with Crippen molar-refractivity contribution in [1.82, 2.24) is 0 Å². The Morgan fingerprint density at radius 3 is 2.52 bits per heavy atom. The predicted octanol–water partition coefficient (Wildman–Crippen LogP) is 5.51. The largest absolute Gasteiger partial charge is 0.369 e. The zero-order chi connectivity index (χ0) is 15.1. The molecule has 0 radical (unpaired) electrons. The number of halogens is 4. The van der Waals surface area contributed by atoms with E-state index in [1.54, 1.807) is 12.1 Å². The van der Waals surface area contributed by atoms with Gasteiger partial charge >= 0.3 is 0 Å². The van der Waals surface area contributed by atoms with Gasteiger partial charge in [0.05, 0.1) is 20.8 Å². The molecule has 7 heteroatoms. The number of carbonyl (C=O) groups is 1. The van der Waals surface area contributed by atoms with Gasteiger partial charge in [-0.3, -0.25) is 4.79 Å². The van der Waals surface area contributed by atoms with Crippen molar-refractivity contribution < 1.29 is 4.79 Å². The van der Waals surface area contributed by atoms with Crippen LogP contribution < -0.4 is 10.6 Å². The lowest BCUT2D eigenvalue weighted by Crippen LogP contribution is -2.19. The molecule has 1 atom stereocenters. The predicted molar refractivity (Wildman–Crippen MR) is 90.6 cm³/mol. The summed E-state index contributed by atoms with van der Waals surface area (Å²) in [5.41, 5.74) is 2.18. The van der Waals surface area contributed by atoms with Crippen LogP contribution in [0.4, 0.5) is 11.4 Å². The fourth-order valence-electron chi connectivity index (χ4n) is 2.17. The van der Waals surface area contributed by atoms with Crippen LogP contribution in [0, 0.1) is 0 Å². The number of benzene rings is 2. The molecule has 0 aliphatic carbocycles. The van der Waals surface area contributed by atoms with Gasteiger partial charge in [-0.1, -0.05) is 56.8 Å². The van der Waals surface area contributed by atoms with Crippen molar-refractivity contribution in [3.8, 4) is 0 Å². The second-order valence-corrected chi connectivity index (χ2v) is 6.68. The lowest BCUT2D eigenvalue weighted by molar-refractivity contribution is -0.116. The average Bonchev–Trinajstić information content (AvgIpc) is 2.71. The van der Waals surface area contributed by atoms with E-state index in [1.165, 1.54) is 0 Å². The maximum Gasteiger partial charge on any atom is 0.251 e. The van der Waals surface area contributed by atoms with Crippen LogP contribution in [0.25, 0.3) is 0 Å². The Bertz CT molecular complexity index is 751. The van der Waals surface area contributed by atoms with Gasteiger partial charge in [0.25, 0.3) is 5.91 Å². The summed E-state index contributed by atoms with van der Waals surface area (Å²) in [6, 6.07) is 8.23. The third kappa shape index (κ3) is 2.86. The van der Waals surface area contributed by atoms with Gasteiger partial charge in [0, 0.05) is 15.7 Å². The fourth-order valence-corrected chi connectivity index (χ4v) is 3.13. The van der Waals surface area contributed by atoms with E-state index in [-0.39, 0.29) is 5.91 Å². The van der Waals surface area contributed by atoms with E-state index in [0.29, 0.717) is 20.8 Å². The van der Waals surface area contributed by atoms with Crippen LogP contribution in [-0.4, -0.2) is 5.91 Å². The Morgan fingerprint density at radius 1 is 1.05 bits per heavy atom. The first-order chi connectivity index (χ1) is 9.95. The molecule has 0 fully saturated rings. The van der Waals surface area contributed by atoms with Crippen molar-refractivity contribution in [2.75, 3.05) is 10.6 Å². The smallest absolute Gasteiger partial charge is 0.251 e. The van der Waals surface area contributed by atoms with E-state index in [9.17, 15) is 4.79 Å². The van der Waals surface area contributed by atoms with Crippen LogP contribution >= 0.6 is 50.7 Å². The monoisotopic (exact) mass is 404 g/mol. The maximum absolute atomic E-state index is 12.1. The first kappa shape index (κ1) is 15.0. The summed E-state index contributed by atoms with van der Waals surface area (Å²) in [6.07, 6.45) is 0. The highest BCUT2D eigenvalue weighted by atomic mass is 79.9. The van der Waals surface area contributed by atoms with E-state index in [2.05, 4.69) is 26.6 Å². The molecule has 0 saturated heterocycles. The van der Waals surface area contributed by atoms with Gasteiger partial charge < -0.3 is 10.6 Å². The summed E-state index contributed by atoms with van der Waals surface area (Å²) in [6.45, 7) is 0. The summed E-state index contributed by atoms with van der Waals surface area (Å²) in [5.74, 6) is -0.148. The Kier molecular flexibility index (Phi) is 4.06. The molecule has 2 N–H and O–H groups in total. The summed E-state index contributed by atoms with van der Waals surface area (Å²) >= 11 is 21.4. The van der Waals surface area contributed by atoms with Crippen molar-refractivity contribution in [2.24, 2.45) is 0 Å². The number of carbonyl (C=O) groups excluding carboxylic acids is 1. The molecule has 1 aliphatic rings. The molecule has 21 heavy (non-hydrogen) atoms. The molecule has 0 aromatic heterocycles. The van der Waals surface area contributed by atoms with Crippen LogP contribution in [0.5, 0.6) is 0 Å². The highest BCUT2D eigenvalue weighted by molar-refractivity contribution is 9.10. The van der Waals surface area contributed by atoms with Crippen LogP contribution in [0.1, 0.15) is 11.6 Å². The topological polar surface area (TPSA) is 41.1 Å². The van der Waals surface area contributed by atoms with Crippen LogP contribution in [0.2, 0.25) is 15.1 Å². The van der Waals surface area contributed by atoms with E-state index < -0.39 is 6.04 Å². The van der Waals surface area contributed by atoms with Crippen molar-refractivity contribution >= 4 is 68.0 Å². The van der Waals surface area contributed by atoms with Gasteiger partial charge in [-0.15, -0.1) is 0 Å². The Hall–Kier alpha value is -0.940. The molecule has 3 nitrogen and oxygen atoms in total. The number of hydrogen-bond acceptors (Lipinski definition) is 2. The lowest BCUT2D eigenvalue weighted by atomic mass is 10.1. The fraction of sp³-hybridized carbons (Fsp3) is 0.0714. The molecule has 2 aromatic carbocycles. The minimum Gasteiger partial charge on any atom is -0.369 e. The quantitative estimate of drug-likeness (QED) is 0.645. The number of anilines is 2. The van der Waals surface area contributed by atoms with E-state index in [1.807, 2.05) is 18.2 Å². The zero-order valence-corrected chi connectivity index (χ0v) is 14.2. The highest BCUT2D eigenvalue weighted by Crippen LogP contribution is 2.38. The number of hydrogen-bond donors (Lipinski definition) is 2. The molecule has 2 aromatic rings.